The van der Waals surface area contributed by atoms with E-state index in [9.17, 15) is 23.5 Å². The molecule has 0 bridgehead atoms. The minimum atomic E-state index is -0.853. The largest absolute Gasteiger partial charge is 0.390 e. The quantitative estimate of drug-likeness (QED) is 0.370. The average Bonchev–Trinajstić information content (AvgIpc) is 3.37. The number of nitrogens with zero attached hydrogens (tertiary/aromatic N) is 2. The van der Waals surface area contributed by atoms with Gasteiger partial charge in [0.15, 0.2) is 11.5 Å². The zero-order valence-electron chi connectivity index (χ0n) is 23.5. The van der Waals surface area contributed by atoms with E-state index in [4.69, 9.17) is 4.52 Å². The second kappa shape index (κ2) is 11.0. The Morgan fingerprint density at radius 2 is 1.78 bits per heavy atom. The number of carbonyl (C=O) groups excluding carboxylic acids is 2. The Morgan fingerprint density at radius 3 is 2.44 bits per heavy atom. The smallest absolute Gasteiger partial charge is 0.274 e. The number of halogens is 2. The molecule has 0 radical (unpaired) electrons. The summed E-state index contributed by atoms with van der Waals surface area (Å²) in [5, 5.41) is 20.3. The Kier molecular flexibility index (Phi) is 7.74. The standard InChI is InChI=1S/C31H36F2N4O4/c1-29(2,20-7-5-4-6-8-20)34-27(38)17-31(18-37(19-31)22-11-13-30(3,40)14-12-22)35-28(39)25-16-26(41-36-25)23-10-9-21(32)15-24(23)33/h4-10,15-16,22,40H,11-14,17-19H2,1-3H3,(H,34,38)(H,35,39). The minimum absolute atomic E-state index is 0.00597. The molecule has 3 aromatic rings. The summed E-state index contributed by atoms with van der Waals surface area (Å²) in [4.78, 5) is 28.9. The molecule has 2 amide bonds. The highest BCUT2D eigenvalue weighted by Crippen LogP contribution is 2.36. The van der Waals surface area contributed by atoms with Crippen molar-refractivity contribution < 1.29 is 28.0 Å². The SMILES string of the molecule is CC1(O)CCC(N2CC(CC(=O)NC(C)(C)c3ccccc3)(NC(=O)c3cc(-c4ccc(F)cc4F)on3)C2)CC1. The monoisotopic (exact) mass is 566 g/mol. The number of nitrogens with one attached hydrogen (secondary N) is 2. The second-order valence-corrected chi connectivity index (χ2v) is 12.3. The molecular weight excluding hydrogens is 530 g/mol. The molecular formula is C31H36F2N4O4. The Balaban J connectivity index is 1.31. The first kappa shape index (κ1) is 28.9. The topological polar surface area (TPSA) is 108 Å². The number of amides is 2. The van der Waals surface area contributed by atoms with Gasteiger partial charge in [0, 0.05) is 31.3 Å². The molecule has 1 saturated carbocycles. The van der Waals surface area contributed by atoms with Gasteiger partial charge in [-0.15, -0.1) is 0 Å². The number of benzene rings is 2. The zero-order chi connectivity index (χ0) is 29.4. The number of hydrogen-bond donors (Lipinski definition) is 3. The fraction of sp³-hybridized carbons (Fsp3) is 0.452. The molecule has 1 saturated heterocycles. The van der Waals surface area contributed by atoms with Crippen LogP contribution in [0.15, 0.2) is 59.1 Å². The number of carbonyl (C=O) groups is 2. The van der Waals surface area contributed by atoms with Crippen LogP contribution >= 0.6 is 0 Å². The van der Waals surface area contributed by atoms with E-state index in [1.165, 1.54) is 12.1 Å². The summed E-state index contributed by atoms with van der Waals surface area (Å²) < 4.78 is 32.8. The molecule has 1 aromatic heterocycles. The predicted octanol–water partition coefficient (Wildman–Crippen LogP) is 4.54. The molecule has 2 heterocycles. The van der Waals surface area contributed by atoms with Crippen LogP contribution in [0.1, 0.15) is 68.9 Å². The Hall–Kier alpha value is -3.63. The number of likely N-dealkylation sites (tertiary alicyclic amines) is 1. The van der Waals surface area contributed by atoms with Crippen molar-refractivity contribution in [1.82, 2.24) is 20.7 Å². The molecule has 3 N–H and O–H groups in total. The van der Waals surface area contributed by atoms with Crippen molar-refractivity contribution in [2.75, 3.05) is 13.1 Å². The molecule has 5 rings (SSSR count). The lowest BCUT2D eigenvalue weighted by Crippen LogP contribution is -2.73. The van der Waals surface area contributed by atoms with Crippen LogP contribution in [-0.2, 0) is 10.3 Å². The molecule has 8 nitrogen and oxygen atoms in total. The van der Waals surface area contributed by atoms with Crippen LogP contribution < -0.4 is 10.6 Å². The summed E-state index contributed by atoms with van der Waals surface area (Å²) in [5.74, 6) is -2.32. The minimum Gasteiger partial charge on any atom is -0.390 e. The van der Waals surface area contributed by atoms with Crippen LogP contribution in [0, 0.1) is 11.6 Å². The lowest BCUT2D eigenvalue weighted by molar-refractivity contribution is -0.127. The van der Waals surface area contributed by atoms with Crippen LogP contribution in [0.4, 0.5) is 8.78 Å². The Morgan fingerprint density at radius 1 is 1.10 bits per heavy atom. The highest BCUT2D eigenvalue weighted by atomic mass is 19.1. The Bertz CT molecular complexity index is 1410. The summed E-state index contributed by atoms with van der Waals surface area (Å²) in [6, 6.07) is 14.3. The van der Waals surface area contributed by atoms with E-state index in [1.54, 1.807) is 0 Å². The van der Waals surface area contributed by atoms with Gasteiger partial charge in [0.2, 0.25) is 5.91 Å². The predicted molar refractivity (Wildman–Crippen MR) is 149 cm³/mol. The molecule has 218 valence electrons. The van der Waals surface area contributed by atoms with E-state index in [2.05, 4.69) is 20.7 Å². The van der Waals surface area contributed by atoms with Gasteiger partial charge in [0.05, 0.1) is 28.7 Å². The van der Waals surface area contributed by atoms with E-state index >= 15 is 0 Å². The maximum atomic E-state index is 14.3. The van der Waals surface area contributed by atoms with Gasteiger partial charge in [-0.25, -0.2) is 8.78 Å². The van der Waals surface area contributed by atoms with Crippen LogP contribution in [-0.4, -0.2) is 57.2 Å². The second-order valence-electron chi connectivity index (χ2n) is 12.3. The van der Waals surface area contributed by atoms with Crippen molar-refractivity contribution in [3.05, 3.63) is 77.5 Å². The first-order valence-electron chi connectivity index (χ1n) is 13.9. The lowest BCUT2D eigenvalue weighted by Gasteiger charge is -2.54. The molecule has 10 heteroatoms. The van der Waals surface area contributed by atoms with Gasteiger partial charge in [0.25, 0.3) is 5.91 Å². The van der Waals surface area contributed by atoms with E-state index in [1.807, 2.05) is 51.1 Å². The molecule has 1 aliphatic heterocycles. The summed E-state index contributed by atoms with van der Waals surface area (Å²) >= 11 is 0. The van der Waals surface area contributed by atoms with Crippen LogP contribution in [0.25, 0.3) is 11.3 Å². The third-order valence-electron chi connectivity index (χ3n) is 8.32. The van der Waals surface area contributed by atoms with Crippen molar-refractivity contribution in [2.24, 2.45) is 0 Å². The van der Waals surface area contributed by atoms with E-state index < -0.39 is 34.2 Å². The van der Waals surface area contributed by atoms with Crippen LogP contribution in [0.3, 0.4) is 0 Å². The van der Waals surface area contributed by atoms with Gasteiger partial charge in [0.1, 0.15) is 11.6 Å². The highest BCUT2D eigenvalue weighted by Gasteiger charge is 2.49. The van der Waals surface area contributed by atoms with E-state index in [0.29, 0.717) is 25.9 Å². The van der Waals surface area contributed by atoms with E-state index in [-0.39, 0.29) is 35.4 Å². The fourth-order valence-corrected chi connectivity index (χ4v) is 5.94. The number of aliphatic hydroxyl groups is 1. The third kappa shape index (κ3) is 6.49. The maximum Gasteiger partial charge on any atom is 0.274 e. The van der Waals surface area contributed by atoms with E-state index in [0.717, 1.165) is 30.5 Å². The maximum absolute atomic E-state index is 14.3. The van der Waals surface area contributed by atoms with Crippen molar-refractivity contribution in [3.8, 4) is 11.3 Å². The van der Waals surface area contributed by atoms with Gasteiger partial charge in [-0.3, -0.25) is 14.5 Å². The van der Waals surface area contributed by atoms with Gasteiger partial charge >= 0.3 is 0 Å². The third-order valence-corrected chi connectivity index (χ3v) is 8.32. The average molecular weight is 567 g/mol. The molecule has 2 fully saturated rings. The first-order valence-corrected chi connectivity index (χ1v) is 13.9. The zero-order valence-corrected chi connectivity index (χ0v) is 23.5. The summed E-state index contributed by atoms with van der Waals surface area (Å²) in [7, 11) is 0. The van der Waals surface area contributed by atoms with Crippen molar-refractivity contribution >= 4 is 11.8 Å². The van der Waals surface area contributed by atoms with Gasteiger partial charge in [-0.05, 0) is 64.2 Å². The molecule has 2 aliphatic rings. The summed E-state index contributed by atoms with van der Waals surface area (Å²) in [6.07, 6.45) is 3.11. The molecule has 0 unspecified atom stereocenters. The molecule has 0 spiro atoms. The first-order chi connectivity index (χ1) is 19.3. The Labute approximate surface area is 238 Å². The molecule has 1 aliphatic carbocycles. The van der Waals surface area contributed by atoms with Gasteiger partial charge in [-0.1, -0.05) is 35.5 Å². The molecule has 0 atom stereocenters. The lowest BCUT2D eigenvalue weighted by atomic mass is 9.78. The van der Waals surface area contributed by atoms with Crippen LogP contribution in [0.2, 0.25) is 0 Å². The normalized spacial score (nSPS) is 22.5. The number of hydrogen-bond acceptors (Lipinski definition) is 6. The molecule has 41 heavy (non-hydrogen) atoms. The summed E-state index contributed by atoms with van der Waals surface area (Å²) in [5.41, 5.74) is -1.27. The summed E-state index contributed by atoms with van der Waals surface area (Å²) in [6.45, 7) is 6.63. The van der Waals surface area contributed by atoms with Gasteiger partial charge in [-0.2, -0.15) is 0 Å². The van der Waals surface area contributed by atoms with Gasteiger partial charge < -0.3 is 20.3 Å². The fourth-order valence-electron chi connectivity index (χ4n) is 5.94. The van der Waals surface area contributed by atoms with Crippen molar-refractivity contribution in [3.63, 3.8) is 0 Å². The van der Waals surface area contributed by atoms with Crippen LogP contribution in [0.5, 0.6) is 0 Å². The van der Waals surface area contributed by atoms with Crippen molar-refractivity contribution in [2.45, 2.75) is 75.6 Å². The highest BCUT2D eigenvalue weighted by molar-refractivity contribution is 5.94. The van der Waals surface area contributed by atoms with Crippen molar-refractivity contribution in [1.29, 1.82) is 0 Å². The molecule has 2 aromatic carbocycles. The number of aromatic nitrogens is 1. The number of rotatable bonds is 8.